The number of nitrogens with zero attached hydrogens (tertiary/aromatic N) is 2. The molecular weight excluding hydrogens is 433 g/mol. The maximum absolute atomic E-state index is 12.2. The minimum Gasteiger partial charge on any atom is -0.493 e. The molecule has 0 aliphatic rings. The molecule has 3 aromatic rings. The maximum atomic E-state index is 12.2. The van der Waals surface area contributed by atoms with Gasteiger partial charge in [0.2, 0.25) is 0 Å². The first-order valence-corrected chi connectivity index (χ1v) is 13.5. The fourth-order valence-electron chi connectivity index (χ4n) is 3.64. The van der Waals surface area contributed by atoms with Crippen LogP contribution in [0.15, 0.2) is 60.9 Å². The van der Waals surface area contributed by atoms with Crippen molar-refractivity contribution in [3.63, 3.8) is 0 Å². The van der Waals surface area contributed by atoms with E-state index in [2.05, 4.69) is 17.0 Å². The molecule has 1 aromatic heterocycles. The summed E-state index contributed by atoms with van der Waals surface area (Å²) in [6, 6.07) is 13.8. The van der Waals surface area contributed by atoms with E-state index in [4.69, 9.17) is 9.47 Å². The molecule has 3 rings (SSSR count). The van der Waals surface area contributed by atoms with E-state index in [0.717, 1.165) is 33.1 Å². The lowest BCUT2D eigenvalue weighted by Crippen LogP contribution is -2.30. The van der Waals surface area contributed by atoms with Crippen molar-refractivity contribution < 1.29 is 14.0 Å². The molecule has 2 aromatic carbocycles. The zero-order valence-corrected chi connectivity index (χ0v) is 20.9. The van der Waals surface area contributed by atoms with Gasteiger partial charge in [0.05, 0.1) is 39.5 Å². The molecule has 0 fully saturated rings. The zero-order valence-electron chi connectivity index (χ0n) is 20.0. The van der Waals surface area contributed by atoms with E-state index in [-0.39, 0.29) is 0 Å². The third-order valence-electron chi connectivity index (χ3n) is 5.11. The van der Waals surface area contributed by atoms with Crippen LogP contribution in [0.5, 0.6) is 11.5 Å². The van der Waals surface area contributed by atoms with Crippen LogP contribution in [0.25, 0.3) is 12.2 Å². The summed E-state index contributed by atoms with van der Waals surface area (Å²) < 4.78 is 24.9. The van der Waals surface area contributed by atoms with Gasteiger partial charge in [-0.1, -0.05) is 30.9 Å². The molecule has 0 saturated heterocycles. The van der Waals surface area contributed by atoms with E-state index in [9.17, 15) is 4.57 Å². The predicted molar refractivity (Wildman–Crippen MR) is 137 cm³/mol. The van der Waals surface area contributed by atoms with Crippen molar-refractivity contribution >= 4 is 25.0 Å². The standard InChI is InChI=1S/C26H32N3O3P/c1-7-22-16-27-29(17-20-11-12-25(31-3)26(15-20)32-4)24(22)13-19(2)28-23-10-8-9-21(14-23)18-33(5,6)30/h7-16,28H,2,17-18H2,1,3-6H3/b22-7-,24-13+. The number of rotatable bonds is 9. The van der Waals surface area contributed by atoms with Crippen LogP contribution in [0.2, 0.25) is 0 Å². The summed E-state index contributed by atoms with van der Waals surface area (Å²) in [4.78, 5) is 0. The Hall–Kier alpha value is -3.24. The van der Waals surface area contributed by atoms with Gasteiger partial charge in [-0.05, 0) is 61.7 Å². The highest BCUT2D eigenvalue weighted by Gasteiger charge is 2.09. The monoisotopic (exact) mass is 465 g/mol. The summed E-state index contributed by atoms with van der Waals surface area (Å²) in [5.74, 6) is 1.38. The van der Waals surface area contributed by atoms with Crippen molar-refractivity contribution in [1.29, 1.82) is 0 Å². The summed E-state index contributed by atoms with van der Waals surface area (Å²) in [5, 5.41) is 9.90. The molecule has 0 spiro atoms. The number of hydrogen-bond donors (Lipinski definition) is 1. The van der Waals surface area contributed by atoms with Crippen molar-refractivity contribution in [1.82, 2.24) is 9.78 Å². The number of hydrogen-bond acceptors (Lipinski definition) is 5. The van der Waals surface area contributed by atoms with E-state index in [1.807, 2.05) is 85.7 Å². The first kappa shape index (κ1) is 24.4. The Bertz CT molecular complexity index is 1300. The lowest BCUT2D eigenvalue weighted by molar-refractivity contribution is 0.354. The normalized spacial score (nSPS) is 12.6. The lowest BCUT2D eigenvalue weighted by Gasteiger charge is -2.11. The predicted octanol–water partition coefficient (Wildman–Crippen LogP) is 4.28. The number of anilines is 1. The zero-order chi connectivity index (χ0) is 24.0. The number of allylic oxidation sites excluding steroid dienone is 1. The smallest absolute Gasteiger partial charge is 0.161 e. The third kappa shape index (κ3) is 6.62. The average Bonchev–Trinajstić information content (AvgIpc) is 3.13. The fraction of sp³-hybridized carbons (Fsp3) is 0.269. The third-order valence-corrected chi connectivity index (χ3v) is 6.23. The molecule has 0 amide bonds. The van der Waals surface area contributed by atoms with Crippen molar-refractivity contribution in [2.45, 2.75) is 19.6 Å². The summed E-state index contributed by atoms with van der Waals surface area (Å²) in [6.45, 7) is 10.4. The van der Waals surface area contributed by atoms with Gasteiger partial charge in [0.15, 0.2) is 11.5 Å². The molecule has 1 heterocycles. The molecule has 1 N–H and O–H groups in total. The summed E-state index contributed by atoms with van der Waals surface area (Å²) in [6.07, 6.45) is 6.43. The van der Waals surface area contributed by atoms with Crippen LogP contribution in [-0.4, -0.2) is 37.3 Å². The second-order valence-electron chi connectivity index (χ2n) is 8.35. The minimum absolute atomic E-state index is 0.574. The van der Waals surface area contributed by atoms with E-state index in [0.29, 0.717) is 24.2 Å². The Morgan fingerprint density at radius 2 is 1.88 bits per heavy atom. The van der Waals surface area contributed by atoms with Crippen molar-refractivity contribution in [2.24, 2.45) is 0 Å². The topological polar surface area (TPSA) is 65.4 Å². The van der Waals surface area contributed by atoms with Crippen molar-refractivity contribution in [3.8, 4) is 11.5 Å². The van der Waals surface area contributed by atoms with Crippen LogP contribution in [0.4, 0.5) is 5.69 Å². The SMILES string of the molecule is C=C(/C=c1\c(=C/C)cnn1Cc1ccc(OC)c(OC)c1)Nc1cccc(CP(C)(C)=O)c1. The second-order valence-corrected chi connectivity index (χ2v) is 11.8. The summed E-state index contributed by atoms with van der Waals surface area (Å²) in [7, 11) is 1.11. The maximum Gasteiger partial charge on any atom is 0.161 e. The summed E-state index contributed by atoms with van der Waals surface area (Å²) >= 11 is 0. The highest BCUT2D eigenvalue weighted by Crippen LogP contribution is 2.40. The highest BCUT2D eigenvalue weighted by molar-refractivity contribution is 7.61. The molecular formula is C26H32N3O3P. The van der Waals surface area contributed by atoms with Crippen molar-refractivity contribution in [3.05, 3.63) is 82.6 Å². The number of benzene rings is 2. The Kier molecular flexibility index (Phi) is 7.83. The van der Waals surface area contributed by atoms with E-state index in [1.165, 1.54) is 0 Å². The van der Waals surface area contributed by atoms with Gasteiger partial charge in [-0.25, -0.2) is 0 Å². The van der Waals surface area contributed by atoms with Gasteiger partial charge in [0.25, 0.3) is 0 Å². The second kappa shape index (κ2) is 10.6. The minimum atomic E-state index is -2.14. The fourth-order valence-corrected chi connectivity index (χ4v) is 4.72. The first-order valence-electron chi connectivity index (χ1n) is 10.7. The molecule has 0 saturated carbocycles. The Balaban J connectivity index is 1.87. The number of nitrogens with one attached hydrogen (secondary N) is 1. The molecule has 0 bridgehead atoms. The van der Waals surface area contributed by atoms with Gasteiger partial charge in [0.1, 0.15) is 0 Å². The van der Waals surface area contributed by atoms with Crippen LogP contribution in [-0.2, 0) is 17.3 Å². The van der Waals surface area contributed by atoms with E-state index in [1.54, 1.807) is 14.2 Å². The molecule has 33 heavy (non-hydrogen) atoms. The lowest BCUT2D eigenvalue weighted by atomic mass is 10.2. The largest absolute Gasteiger partial charge is 0.493 e. The van der Waals surface area contributed by atoms with E-state index < -0.39 is 7.14 Å². The Morgan fingerprint density at radius 3 is 2.55 bits per heavy atom. The first-order chi connectivity index (χ1) is 15.7. The van der Waals surface area contributed by atoms with Gasteiger partial charge in [0, 0.05) is 22.8 Å². The average molecular weight is 466 g/mol. The van der Waals surface area contributed by atoms with Crippen LogP contribution >= 0.6 is 7.14 Å². The Labute approximate surface area is 195 Å². The highest BCUT2D eigenvalue weighted by atomic mass is 31.2. The van der Waals surface area contributed by atoms with Crippen LogP contribution in [0.1, 0.15) is 18.1 Å². The molecule has 0 aliphatic carbocycles. The molecule has 0 radical (unpaired) electrons. The van der Waals surface area contributed by atoms with Crippen LogP contribution in [0, 0.1) is 0 Å². The number of ether oxygens (including phenoxy) is 2. The van der Waals surface area contributed by atoms with E-state index >= 15 is 0 Å². The molecule has 0 atom stereocenters. The van der Waals surface area contributed by atoms with Crippen LogP contribution < -0.4 is 25.4 Å². The molecule has 0 unspecified atom stereocenters. The number of methoxy groups -OCH3 is 2. The molecule has 0 aliphatic heterocycles. The molecule has 174 valence electrons. The Morgan fingerprint density at radius 1 is 1.12 bits per heavy atom. The van der Waals surface area contributed by atoms with Gasteiger partial charge in [-0.3, -0.25) is 4.68 Å². The molecule has 7 heteroatoms. The quantitative estimate of drug-likeness (QED) is 0.478. The van der Waals surface area contributed by atoms with Crippen LogP contribution in [0.3, 0.4) is 0 Å². The van der Waals surface area contributed by atoms with Gasteiger partial charge in [-0.15, -0.1) is 0 Å². The number of aromatic nitrogens is 2. The van der Waals surface area contributed by atoms with Gasteiger partial charge < -0.3 is 19.4 Å². The molecule has 6 nitrogen and oxygen atoms in total. The van der Waals surface area contributed by atoms with Gasteiger partial charge in [-0.2, -0.15) is 5.10 Å². The van der Waals surface area contributed by atoms with Crippen molar-refractivity contribution in [2.75, 3.05) is 32.9 Å². The summed E-state index contributed by atoms with van der Waals surface area (Å²) in [5.41, 5.74) is 3.74. The van der Waals surface area contributed by atoms with Gasteiger partial charge >= 0.3 is 0 Å².